The van der Waals surface area contributed by atoms with Crippen molar-refractivity contribution in [2.75, 3.05) is 39.8 Å². The summed E-state index contributed by atoms with van der Waals surface area (Å²) in [6.45, 7) is 5.57. The quantitative estimate of drug-likeness (QED) is 0.746. The van der Waals surface area contributed by atoms with E-state index in [1.807, 2.05) is 6.07 Å². The van der Waals surface area contributed by atoms with Crippen molar-refractivity contribution in [2.45, 2.75) is 32.6 Å². The molecule has 1 rings (SSSR count). The van der Waals surface area contributed by atoms with Crippen LogP contribution in [0.4, 0.5) is 0 Å². The fraction of sp³-hybridized carbons (Fsp3) is 0.800. The first kappa shape index (κ1) is 17.4. The maximum absolute atomic E-state index is 11.9. The number of likely N-dealkylation sites (tertiary alicyclic amines) is 1. The minimum atomic E-state index is 0.0310. The lowest BCUT2D eigenvalue weighted by Crippen LogP contribution is -2.40. The molecule has 1 fully saturated rings. The van der Waals surface area contributed by atoms with Gasteiger partial charge in [0.05, 0.1) is 12.5 Å². The number of nitrogens with zero attached hydrogens (tertiary/aromatic N) is 3. The summed E-state index contributed by atoms with van der Waals surface area (Å²) in [6.07, 6.45) is 3.03. The van der Waals surface area contributed by atoms with Gasteiger partial charge in [0.15, 0.2) is 0 Å². The van der Waals surface area contributed by atoms with Gasteiger partial charge in [0, 0.05) is 40.0 Å². The predicted molar refractivity (Wildman–Crippen MR) is 80.3 cm³/mol. The van der Waals surface area contributed by atoms with E-state index in [2.05, 4.69) is 10.2 Å². The molecule has 1 aliphatic rings. The van der Waals surface area contributed by atoms with Crippen LogP contribution in [0.3, 0.4) is 0 Å². The Bertz CT molecular complexity index is 384. The van der Waals surface area contributed by atoms with Gasteiger partial charge in [0.2, 0.25) is 11.8 Å². The maximum Gasteiger partial charge on any atom is 0.223 e. The second-order valence-corrected chi connectivity index (χ2v) is 5.70. The van der Waals surface area contributed by atoms with Crippen LogP contribution in [0.2, 0.25) is 0 Å². The second-order valence-electron chi connectivity index (χ2n) is 5.70. The van der Waals surface area contributed by atoms with Gasteiger partial charge < -0.3 is 15.1 Å². The number of rotatable bonds is 7. The molecule has 0 unspecified atom stereocenters. The molecular formula is C15H26N4O2. The summed E-state index contributed by atoms with van der Waals surface area (Å²) in [5.41, 5.74) is 0. The Morgan fingerprint density at radius 3 is 2.62 bits per heavy atom. The van der Waals surface area contributed by atoms with E-state index in [0.717, 1.165) is 39.0 Å². The molecule has 0 radical (unpaired) electrons. The van der Waals surface area contributed by atoms with Crippen molar-refractivity contribution in [3.05, 3.63) is 0 Å². The molecule has 1 aliphatic heterocycles. The standard InChI is InChI=1S/C15H26N4O2/c1-13(20)17-12-14-4-9-19(10-5-14)11-6-15(21)18(2)8-3-7-16/h14H,3-6,8-12H2,1-2H3,(H,17,20). The lowest BCUT2D eigenvalue weighted by atomic mass is 9.96. The number of nitriles is 1. The van der Waals surface area contributed by atoms with Crippen LogP contribution in [-0.4, -0.2) is 61.4 Å². The molecule has 2 amide bonds. The van der Waals surface area contributed by atoms with Crippen molar-refractivity contribution < 1.29 is 9.59 Å². The Morgan fingerprint density at radius 2 is 2.05 bits per heavy atom. The first-order chi connectivity index (χ1) is 10.0. The van der Waals surface area contributed by atoms with Gasteiger partial charge >= 0.3 is 0 Å². The van der Waals surface area contributed by atoms with Crippen LogP contribution in [0.15, 0.2) is 0 Å². The molecule has 0 aliphatic carbocycles. The zero-order valence-corrected chi connectivity index (χ0v) is 13.1. The molecule has 21 heavy (non-hydrogen) atoms. The number of carbonyl (C=O) groups is 2. The van der Waals surface area contributed by atoms with Gasteiger partial charge in [-0.3, -0.25) is 9.59 Å². The van der Waals surface area contributed by atoms with Gasteiger partial charge in [-0.15, -0.1) is 0 Å². The monoisotopic (exact) mass is 294 g/mol. The average molecular weight is 294 g/mol. The summed E-state index contributed by atoms with van der Waals surface area (Å²) in [7, 11) is 1.75. The van der Waals surface area contributed by atoms with Gasteiger partial charge in [-0.1, -0.05) is 0 Å². The highest BCUT2D eigenvalue weighted by molar-refractivity contribution is 5.76. The predicted octanol–water partition coefficient (Wildman–Crippen LogP) is 0.597. The molecule has 6 nitrogen and oxygen atoms in total. The summed E-state index contributed by atoms with van der Waals surface area (Å²) >= 11 is 0. The van der Waals surface area contributed by atoms with Crippen LogP contribution in [-0.2, 0) is 9.59 Å². The second kappa shape index (κ2) is 9.35. The number of hydrogen-bond acceptors (Lipinski definition) is 4. The number of piperidine rings is 1. The molecule has 0 spiro atoms. The molecule has 0 saturated carbocycles. The highest BCUT2D eigenvalue weighted by atomic mass is 16.2. The Balaban J connectivity index is 2.16. The van der Waals surface area contributed by atoms with Crippen molar-refractivity contribution in [1.82, 2.24) is 15.1 Å². The summed E-state index contributed by atoms with van der Waals surface area (Å²) in [5.74, 6) is 0.688. The van der Waals surface area contributed by atoms with Crippen LogP contribution in [0.5, 0.6) is 0 Å². The van der Waals surface area contributed by atoms with E-state index in [0.29, 0.717) is 25.3 Å². The third-order valence-electron chi connectivity index (χ3n) is 3.97. The zero-order chi connectivity index (χ0) is 15.7. The number of nitrogens with one attached hydrogen (secondary N) is 1. The fourth-order valence-electron chi connectivity index (χ4n) is 2.49. The zero-order valence-electron chi connectivity index (χ0n) is 13.1. The summed E-state index contributed by atoms with van der Waals surface area (Å²) in [5, 5.41) is 11.4. The molecule has 0 aromatic heterocycles. The van der Waals surface area contributed by atoms with Gasteiger partial charge in [-0.05, 0) is 31.8 Å². The van der Waals surface area contributed by atoms with E-state index in [1.165, 1.54) is 0 Å². The van der Waals surface area contributed by atoms with Gasteiger partial charge in [0.1, 0.15) is 0 Å². The van der Waals surface area contributed by atoms with E-state index < -0.39 is 0 Å². The van der Waals surface area contributed by atoms with E-state index >= 15 is 0 Å². The van der Waals surface area contributed by atoms with Crippen LogP contribution < -0.4 is 5.32 Å². The van der Waals surface area contributed by atoms with Crippen LogP contribution in [0, 0.1) is 17.2 Å². The molecule has 1 N–H and O–H groups in total. The molecule has 6 heteroatoms. The minimum Gasteiger partial charge on any atom is -0.356 e. The van der Waals surface area contributed by atoms with Gasteiger partial charge in [-0.2, -0.15) is 5.26 Å². The minimum absolute atomic E-state index is 0.0310. The smallest absolute Gasteiger partial charge is 0.223 e. The first-order valence-electron chi connectivity index (χ1n) is 7.60. The normalized spacial score (nSPS) is 16.2. The highest BCUT2D eigenvalue weighted by Crippen LogP contribution is 2.16. The van der Waals surface area contributed by atoms with E-state index in [1.54, 1.807) is 18.9 Å². The van der Waals surface area contributed by atoms with Crippen molar-refractivity contribution in [1.29, 1.82) is 5.26 Å². The largest absolute Gasteiger partial charge is 0.356 e. The topological polar surface area (TPSA) is 76.4 Å². The Labute approximate surface area is 127 Å². The Morgan fingerprint density at radius 1 is 1.38 bits per heavy atom. The number of carbonyl (C=O) groups excluding carboxylic acids is 2. The number of amides is 2. The third-order valence-corrected chi connectivity index (χ3v) is 3.97. The van der Waals surface area contributed by atoms with Crippen LogP contribution >= 0.6 is 0 Å². The third kappa shape index (κ3) is 7.09. The lowest BCUT2D eigenvalue weighted by Gasteiger charge is -2.32. The van der Waals surface area contributed by atoms with E-state index in [9.17, 15) is 9.59 Å². The summed E-state index contributed by atoms with van der Waals surface area (Å²) < 4.78 is 0. The SMILES string of the molecule is CC(=O)NCC1CCN(CCC(=O)N(C)CCC#N)CC1. The molecule has 0 atom stereocenters. The van der Waals surface area contributed by atoms with Gasteiger partial charge in [-0.25, -0.2) is 0 Å². The van der Waals surface area contributed by atoms with E-state index in [4.69, 9.17) is 5.26 Å². The lowest BCUT2D eigenvalue weighted by molar-refractivity contribution is -0.130. The maximum atomic E-state index is 11.9. The highest BCUT2D eigenvalue weighted by Gasteiger charge is 2.20. The summed E-state index contributed by atoms with van der Waals surface area (Å²) in [6, 6.07) is 2.05. The molecular weight excluding hydrogens is 268 g/mol. The van der Waals surface area contributed by atoms with Crippen LogP contribution in [0.1, 0.15) is 32.6 Å². The van der Waals surface area contributed by atoms with Crippen molar-refractivity contribution in [3.63, 3.8) is 0 Å². The molecule has 1 saturated heterocycles. The molecule has 1 heterocycles. The molecule has 118 valence electrons. The summed E-state index contributed by atoms with van der Waals surface area (Å²) in [4.78, 5) is 26.7. The van der Waals surface area contributed by atoms with Crippen molar-refractivity contribution in [2.24, 2.45) is 5.92 Å². The average Bonchev–Trinajstić information content (AvgIpc) is 2.49. The molecule has 0 aromatic rings. The Hall–Kier alpha value is -1.61. The van der Waals surface area contributed by atoms with Crippen LogP contribution in [0.25, 0.3) is 0 Å². The molecule has 0 bridgehead atoms. The first-order valence-corrected chi connectivity index (χ1v) is 7.60. The van der Waals surface area contributed by atoms with E-state index in [-0.39, 0.29) is 11.8 Å². The van der Waals surface area contributed by atoms with Gasteiger partial charge in [0.25, 0.3) is 0 Å². The number of hydrogen-bond donors (Lipinski definition) is 1. The van der Waals surface area contributed by atoms with Crippen molar-refractivity contribution in [3.8, 4) is 6.07 Å². The molecule has 0 aromatic carbocycles. The van der Waals surface area contributed by atoms with Crippen molar-refractivity contribution >= 4 is 11.8 Å². The Kier molecular flexibility index (Phi) is 7.76. The fourth-order valence-corrected chi connectivity index (χ4v) is 2.49.